The summed E-state index contributed by atoms with van der Waals surface area (Å²) in [7, 11) is 1.83. The van der Waals surface area contributed by atoms with Crippen LogP contribution in [0, 0.1) is 0 Å². The second-order valence-corrected chi connectivity index (χ2v) is 7.00. The van der Waals surface area contributed by atoms with Crippen molar-refractivity contribution in [1.82, 2.24) is 20.5 Å². The predicted octanol–water partition coefficient (Wildman–Crippen LogP) is 2.45. The normalized spacial score (nSPS) is 19.3. The van der Waals surface area contributed by atoms with Gasteiger partial charge in [0.1, 0.15) is 5.82 Å². The molecule has 0 amide bonds. The highest BCUT2D eigenvalue weighted by Gasteiger charge is 2.17. The summed E-state index contributed by atoms with van der Waals surface area (Å²) in [6.45, 7) is 8.51. The molecule has 7 heteroatoms. The van der Waals surface area contributed by atoms with Gasteiger partial charge in [0.15, 0.2) is 5.96 Å². The predicted molar refractivity (Wildman–Crippen MR) is 120 cm³/mol. The largest absolute Gasteiger partial charge is 0.354 e. The van der Waals surface area contributed by atoms with E-state index in [1.54, 1.807) is 0 Å². The van der Waals surface area contributed by atoms with Gasteiger partial charge in [0.05, 0.1) is 0 Å². The first kappa shape index (κ1) is 21.2. The van der Waals surface area contributed by atoms with Crippen LogP contribution >= 0.6 is 24.0 Å². The van der Waals surface area contributed by atoms with Gasteiger partial charge in [-0.05, 0) is 31.0 Å². The fourth-order valence-corrected chi connectivity index (χ4v) is 3.65. The van der Waals surface area contributed by atoms with Gasteiger partial charge in [-0.1, -0.05) is 25.8 Å². The minimum Gasteiger partial charge on any atom is -0.354 e. The van der Waals surface area contributed by atoms with Crippen molar-refractivity contribution in [2.45, 2.75) is 45.2 Å². The second-order valence-electron chi connectivity index (χ2n) is 7.00. The molecule has 1 aromatic heterocycles. The van der Waals surface area contributed by atoms with Crippen LogP contribution in [0.3, 0.4) is 0 Å². The Morgan fingerprint density at radius 1 is 1.19 bits per heavy atom. The van der Waals surface area contributed by atoms with Crippen LogP contribution in [0.4, 0.5) is 5.82 Å². The first-order chi connectivity index (χ1) is 12.3. The molecule has 1 aliphatic carbocycles. The van der Waals surface area contributed by atoms with E-state index in [1.165, 1.54) is 31.2 Å². The fraction of sp³-hybridized carbons (Fsp3) is 0.684. The quantitative estimate of drug-likeness (QED) is 0.392. The molecule has 2 N–H and O–H groups in total. The Bertz CT molecular complexity index is 548. The van der Waals surface area contributed by atoms with Crippen molar-refractivity contribution in [1.29, 1.82) is 0 Å². The van der Waals surface area contributed by atoms with Crippen molar-refractivity contribution < 1.29 is 0 Å². The number of nitrogens with one attached hydrogen (secondary N) is 2. The van der Waals surface area contributed by atoms with Gasteiger partial charge in [-0.2, -0.15) is 0 Å². The molecule has 3 rings (SSSR count). The molecule has 146 valence electrons. The summed E-state index contributed by atoms with van der Waals surface area (Å²) in [6.07, 6.45) is 7.14. The van der Waals surface area contributed by atoms with Crippen LogP contribution in [-0.4, -0.2) is 61.7 Å². The molecule has 2 heterocycles. The number of nitrogens with zero attached hydrogens (tertiary/aromatic N) is 4. The van der Waals surface area contributed by atoms with Crippen LogP contribution < -0.4 is 15.5 Å². The number of rotatable bonds is 5. The first-order valence-corrected chi connectivity index (χ1v) is 9.68. The number of anilines is 1. The SMILES string of the molecule is CCN1CCN(c2ccc(CNC(=NC)NC3CCCC3)cn2)CC1.I. The number of hydrogen-bond donors (Lipinski definition) is 2. The second kappa shape index (κ2) is 10.9. The van der Waals surface area contributed by atoms with Crippen molar-refractivity contribution >= 4 is 35.8 Å². The highest BCUT2D eigenvalue weighted by molar-refractivity contribution is 14.0. The Balaban J connectivity index is 0.00000243. The van der Waals surface area contributed by atoms with E-state index >= 15 is 0 Å². The Hall–Kier alpha value is -1.09. The molecule has 1 saturated carbocycles. The standard InChI is InChI=1S/C19H32N6.HI/c1-3-24-10-12-25(13-11-24)18-9-8-16(14-21-18)15-22-19(20-2)23-17-6-4-5-7-17;/h8-9,14,17H,3-7,10-13,15H2,1-2H3,(H2,20,22,23);1H. The molecule has 0 aromatic carbocycles. The Morgan fingerprint density at radius 2 is 1.92 bits per heavy atom. The minimum absolute atomic E-state index is 0. The Kier molecular flexibility index (Phi) is 8.90. The maximum Gasteiger partial charge on any atom is 0.191 e. The molecule has 2 fully saturated rings. The number of hydrogen-bond acceptors (Lipinski definition) is 4. The van der Waals surface area contributed by atoms with E-state index in [-0.39, 0.29) is 24.0 Å². The minimum atomic E-state index is 0. The number of piperazine rings is 1. The number of likely N-dealkylation sites (N-methyl/N-ethyl adjacent to an activating group) is 1. The zero-order valence-corrected chi connectivity index (χ0v) is 18.4. The van der Waals surface area contributed by atoms with Gasteiger partial charge < -0.3 is 20.4 Å². The number of pyridine rings is 1. The van der Waals surface area contributed by atoms with Gasteiger partial charge in [-0.3, -0.25) is 4.99 Å². The topological polar surface area (TPSA) is 55.8 Å². The first-order valence-electron chi connectivity index (χ1n) is 9.68. The van der Waals surface area contributed by atoms with E-state index in [4.69, 9.17) is 0 Å². The molecule has 0 bridgehead atoms. The molecule has 0 unspecified atom stereocenters. The highest BCUT2D eigenvalue weighted by Crippen LogP contribution is 2.17. The van der Waals surface area contributed by atoms with Crippen molar-refractivity contribution in [2.24, 2.45) is 4.99 Å². The van der Waals surface area contributed by atoms with Crippen LogP contribution in [0.1, 0.15) is 38.2 Å². The zero-order valence-electron chi connectivity index (χ0n) is 16.1. The molecule has 1 aromatic rings. The molecular formula is C19H33IN6. The summed E-state index contributed by atoms with van der Waals surface area (Å²) < 4.78 is 0. The number of halogens is 1. The van der Waals surface area contributed by atoms with E-state index in [1.807, 2.05) is 13.2 Å². The molecular weight excluding hydrogens is 439 g/mol. The van der Waals surface area contributed by atoms with Gasteiger partial charge in [-0.15, -0.1) is 24.0 Å². The van der Waals surface area contributed by atoms with Crippen LogP contribution in [0.5, 0.6) is 0 Å². The maximum absolute atomic E-state index is 4.67. The van der Waals surface area contributed by atoms with Crippen LogP contribution in [0.25, 0.3) is 0 Å². The van der Waals surface area contributed by atoms with Gasteiger partial charge >= 0.3 is 0 Å². The summed E-state index contributed by atoms with van der Waals surface area (Å²) in [5.41, 5.74) is 1.19. The number of guanidine groups is 1. The van der Waals surface area contributed by atoms with Gasteiger partial charge in [0.25, 0.3) is 0 Å². The summed E-state index contributed by atoms with van der Waals surface area (Å²) in [5, 5.41) is 6.92. The molecule has 26 heavy (non-hydrogen) atoms. The summed E-state index contributed by atoms with van der Waals surface area (Å²) in [4.78, 5) is 13.9. The third-order valence-electron chi connectivity index (χ3n) is 5.33. The molecule has 0 atom stereocenters. The summed E-state index contributed by atoms with van der Waals surface area (Å²) >= 11 is 0. The lowest BCUT2D eigenvalue weighted by molar-refractivity contribution is 0.270. The average Bonchev–Trinajstić information content (AvgIpc) is 3.19. The summed E-state index contributed by atoms with van der Waals surface area (Å²) in [6, 6.07) is 4.89. The maximum atomic E-state index is 4.67. The molecule has 6 nitrogen and oxygen atoms in total. The average molecular weight is 472 g/mol. The monoisotopic (exact) mass is 472 g/mol. The molecule has 1 aliphatic heterocycles. The van der Waals surface area contributed by atoms with E-state index in [9.17, 15) is 0 Å². The van der Waals surface area contributed by atoms with Crippen molar-refractivity contribution in [3.8, 4) is 0 Å². The third kappa shape index (κ3) is 5.97. The van der Waals surface area contributed by atoms with Gasteiger partial charge in [0.2, 0.25) is 0 Å². The lowest BCUT2D eigenvalue weighted by Gasteiger charge is -2.34. The van der Waals surface area contributed by atoms with Gasteiger partial charge in [-0.25, -0.2) is 4.98 Å². The van der Waals surface area contributed by atoms with Crippen molar-refractivity contribution in [2.75, 3.05) is 44.7 Å². The highest BCUT2D eigenvalue weighted by atomic mass is 127. The number of aromatic nitrogens is 1. The van der Waals surface area contributed by atoms with Gasteiger partial charge in [0, 0.05) is 52.0 Å². The lowest BCUT2D eigenvalue weighted by Crippen LogP contribution is -2.46. The fourth-order valence-electron chi connectivity index (χ4n) is 3.65. The van der Waals surface area contributed by atoms with E-state index in [0.29, 0.717) is 6.04 Å². The summed E-state index contributed by atoms with van der Waals surface area (Å²) in [5.74, 6) is 1.99. The lowest BCUT2D eigenvalue weighted by atomic mass is 10.2. The van der Waals surface area contributed by atoms with E-state index < -0.39 is 0 Å². The third-order valence-corrected chi connectivity index (χ3v) is 5.33. The van der Waals surface area contributed by atoms with E-state index in [0.717, 1.165) is 51.0 Å². The Morgan fingerprint density at radius 3 is 2.50 bits per heavy atom. The van der Waals surface area contributed by atoms with Crippen molar-refractivity contribution in [3.63, 3.8) is 0 Å². The molecule has 2 aliphatic rings. The molecule has 1 saturated heterocycles. The Labute approximate surface area is 174 Å². The van der Waals surface area contributed by atoms with E-state index in [2.05, 4.69) is 49.5 Å². The molecule has 0 radical (unpaired) electrons. The number of aliphatic imine (C=N–C) groups is 1. The zero-order chi connectivity index (χ0) is 17.5. The van der Waals surface area contributed by atoms with Crippen LogP contribution in [-0.2, 0) is 6.54 Å². The smallest absolute Gasteiger partial charge is 0.191 e. The van der Waals surface area contributed by atoms with Crippen LogP contribution in [0.15, 0.2) is 23.3 Å². The molecule has 0 spiro atoms. The van der Waals surface area contributed by atoms with Crippen LogP contribution in [0.2, 0.25) is 0 Å². The van der Waals surface area contributed by atoms with Crippen molar-refractivity contribution in [3.05, 3.63) is 23.9 Å².